The lowest BCUT2D eigenvalue weighted by molar-refractivity contribution is 0.278. The van der Waals surface area contributed by atoms with E-state index in [-0.39, 0.29) is 12.6 Å². The van der Waals surface area contributed by atoms with Gasteiger partial charge in [-0.2, -0.15) is 0 Å². The number of aromatic nitrogens is 2. The van der Waals surface area contributed by atoms with Gasteiger partial charge in [-0.1, -0.05) is 18.5 Å². The van der Waals surface area contributed by atoms with Gasteiger partial charge in [-0.3, -0.25) is 0 Å². The van der Waals surface area contributed by atoms with Gasteiger partial charge in [0.1, 0.15) is 17.3 Å². The second-order valence-electron chi connectivity index (χ2n) is 3.40. The number of rotatable bonds is 5. The average Bonchev–Trinajstić information content (AvgIpc) is 2.24. The Hall–Kier alpha value is -0.870. The van der Waals surface area contributed by atoms with Crippen LogP contribution in [0.15, 0.2) is 6.33 Å². The molecule has 0 radical (unpaired) electrons. The summed E-state index contributed by atoms with van der Waals surface area (Å²) in [6, 6.07) is 0.222. The normalized spacial score (nSPS) is 12.5. The predicted molar refractivity (Wildman–Crippen MR) is 61.2 cm³/mol. The van der Waals surface area contributed by atoms with E-state index in [0.29, 0.717) is 11.6 Å². The first kappa shape index (κ1) is 12.2. The molecule has 5 heteroatoms. The minimum Gasteiger partial charge on any atom is -0.396 e. The number of hydrogen-bond acceptors (Lipinski definition) is 4. The summed E-state index contributed by atoms with van der Waals surface area (Å²) in [6.07, 6.45) is 3.07. The quantitative estimate of drug-likeness (QED) is 0.759. The SMILES string of the molecule is CCC(CCO)Nc1ncnc(Cl)c1C. The summed E-state index contributed by atoms with van der Waals surface area (Å²) in [5.74, 6) is 0.746. The van der Waals surface area contributed by atoms with Crippen molar-refractivity contribution in [3.8, 4) is 0 Å². The zero-order valence-corrected chi connectivity index (χ0v) is 9.75. The van der Waals surface area contributed by atoms with Gasteiger partial charge in [0.25, 0.3) is 0 Å². The van der Waals surface area contributed by atoms with Crippen LogP contribution in [0.3, 0.4) is 0 Å². The van der Waals surface area contributed by atoms with Crippen molar-refractivity contribution in [3.63, 3.8) is 0 Å². The zero-order chi connectivity index (χ0) is 11.3. The number of halogens is 1. The second-order valence-corrected chi connectivity index (χ2v) is 3.76. The van der Waals surface area contributed by atoms with Crippen LogP contribution in [0, 0.1) is 6.92 Å². The predicted octanol–water partition coefficient (Wildman–Crippen LogP) is 2.01. The maximum atomic E-state index is 8.87. The highest BCUT2D eigenvalue weighted by Crippen LogP contribution is 2.19. The van der Waals surface area contributed by atoms with Crippen LogP contribution in [-0.2, 0) is 0 Å². The molecule has 15 heavy (non-hydrogen) atoms. The molecule has 0 saturated carbocycles. The van der Waals surface area contributed by atoms with Crippen LogP contribution >= 0.6 is 11.6 Å². The van der Waals surface area contributed by atoms with E-state index in [1.807, 2.05) is 6.92 Å². The van der Waals surface area contributed by atoms with E-state index in [9.17, 15) is 0 Å². The molecule has 1 rings (SSSR count). The van der Waals surface area contributed by atoms with E-state index < -0.39 is 0 Å². The first-order valence-electron chi connectivity index (χ1n) is 5.03. The Morgan fingerprint density at radius 3 is 2.87 bits per heavy atom. The first-order valence-corrected chi connectivity index (χ1v) is 5.41. The molecular formula is C10H16ClN3O. The fourth-order valence-electron chi connectivity index (χ4n) is 1.30. The van der Waals surface area contributed by atoms with Crippen molar-refractivity contribution in [1.29, 1.82) is 0 Å². The minimum atomic E-state index is 0.170. The van der Waals surface area contributed by atoms with Crippen molar-refractivity contribution in [3.05, 3.63) is 17.0 Å². The number of nitrogens with zero attached hydrogens (tertiary/aromatic N) is 2. The van der Waals surface area contributed by atoms with Crippen LogP contribution < -0.4 is 5.32 Å². The lowest BCUT2D eigenvalue weighted by Gasteiger charge is -2.17. The Morgan fingerprint density at radius 2 is 2.27 bits per heavy atom. The standard InChI is InChI=1S/C10H16ClN3O/c1-3-8(4-5-15)14-10-7(2)9(11)12-6-13-10/h6,8,15H,3-5H2,1-2H3,(H,12,13,14). The van der Waals surface area contributed by atoms with Crippen LogP contribution in [0.5, 0.6) is 0 Å². The summed E-state index contributed by atoms with van der Waals surface area (Å²) >= 11 is 5.88. The van der Waals surface area contributed by atoms with Gasteiger partial charge in [-0.15, -0.1) is 0 Å². The Bertz CT molecular complexity index is 320. The van der Waals surface area contributed by atoms with E-state index in [1.54, 1.807) is 0 Å². The Labute approximate surface area is 94.7 Å². The molecule has 0 aliphatic carbocycles. The van der Waals surface area contributed by atoms with Crippen LogP contribution in [-0.4, -0.2) is 27.7 Å². The molecule has 0 bridgehead atoms. The lowest BCUT2D eigenvalue weighted by atomic mass is 10.1. The van der Waals surface area contributed by atoms with Crippen molar-refractivity contribution >= 4 is 17.4 Å². The van der Waals surface area contributed by atoms with Gasteiger partial charge in [0, 0.05) is 18.2 Å². The molecule has 1 unspecified atom stereocenters. The van der Waals surface area contributed by atoms with Crippen LogP contribution in [0.1, 0.15) is 25.3 Å². The third-order valence-corrected chi connectivity index (χ3v) is 2.71. The fraction of sp³-hybridized carbons (Fsp3) is 0.600. The number of aliphatic hydroxyl groups excluding tert-OH is 1. The summed E-state index contributed by atoms with van der Waals surface area (Å²) < 4.78 is 0. The Kier molecular flexibility index (Phi) is 4.78. The van der Waals surface area contributed by atoms with E-state index in [4.69, 9.17) is 16.7 Å². The molecule has 1 aromatic rings. The van der Waals surface area contributed by atoms with Crippen molar-refractivity contribution < 1.29 is 5.11 Å². The van der Waals surface area contributed by atoms with Gasteiger partial charge >= 0.3 is 0 Å². The monoisotopic (exact) mass is 229 g/mol. The summed E-state index contributed by atoms with van der Waals surface area (Å²) in [5.41, 5.74) is 0.843. The molecule has 1 aromatic heterocycles. The fourth-order valence-corrected chi connectivity index (χ4v) is 1.43. The molecule has 4 nitrogen and oxygen atoms in total. The third kappa shape index (κ3) is 3.32. The molecule has 0 fully saturated rings. The molecule has 0 amide bonds. The lowest BCUT2D eigenvalue weighted by Crippen LogP contribution is -2.21. The van der Waals surface area contributed by atoms with Crippen molar-refractivity contribution in [2.45, 2.75) is 32.7 Å². The highest BCUT2D eigenvalue weighted by molar-refractivity contribution is 6.30. The minimum absolute atomic E-state index is 0.170. The molecule has 0 aromatic carbocycles. The van der Waals surface area contributed by atoms with E-state index in [2.05, 4.69) is 22.2 Å². The average molecular weight is 230 g/mol. The van der Waals surface area contributed by atoms with Gasteiger partial charge in [0.2, 0.25) is 0 Å². The molecule has 0 spiro atoms. The summed E-state index contributed by atoms with van der Waals surface area (Å²) in [7, 11) is 0. The molecule has 0 aliphatic rings. The summed E-state index contributed by atoms with van der Waals surface area (Å²) in [5, 5.41) is 12.6. The van der Waals surface area contributed by atoms with Gasteiger partial charge in [-0.05, 0) is 19.8 Å². The number of nitrogens with one attached hydrogen (secondary N) is 1. The van der Waals surface area contributed by atoms with E-state index in [0.717, 1.165) is 17.8 Å². The Balaban J connectivity index is 2.74. The molecular weight excluding hydrogens is 214 g/mol. The van der Waals surface area contributed by atoms with Gasteiger partial charge in [0.15, 0.2) is 0 Å². The second kappa shape index (κ2) is 5.88. The highest BCUT2D eigenvalue weighted by atomic mass is 35.5. The molecule has 2 N–H and O–H groups in total. The third-order valence-electron chi connectivity index (χ3n) is 2.33. The zero-order valence-electron chi connectivity index (χ0n) is 9.00. The molecule has 1 heterocycles. The Morgan fingerprint density at radius 1 is 1.53 bits per heavy atom. The van der Waals surface area contributed by atoms with Crippen molar-refractivity contribution in [2.24, 2.45) is 0 Å². The molecule has 84 valence electrons. The molecule has 1 atom stereocenters. The largest absolute Gasteiger partial charge is 0.396 e. The molecule has 0 saturated heterocycles. The summed E-state index contributed by atoms with van der Waals surface area (Å²) in [4.78, 5) is 8.00. The topological polar surface area (TPSA) is 58.0 Å². The van der Waals surface area contributed by atoms with Crippen molar-refractivity contribution in [2.75, 3.05) is 11.9 Å². The van der Waals surface area contributed by atoms with Crippen molar-refractivity contribution in [1.82, 2.24) is 9.97 Å². The van der Waals surface area contributed by atoms with Crippen LogP contribution in [0.25, 0.3) is 0 Å². The van der Waals surface area contributed by atoms with Gasteiger partial charge in [-0.25, -0.2) is 9.97 Å². The van der Waals surface area contributed by atoms with E-state index >= 15 is 0 Å². The summed E-state index contributed by atoms with van der Waals surface area (Å²) in [6.45, 7) is 4.10. The maximum Gasteiger partial charge on any atom is 0.137 e. The van der Waals surface area contributed by atoms with Crippen LogP contribution in [0.4, 0.5) is 5.82 Å². The highest BCUT2D eigenvalue weighted by Gasteiger charge is 2.09. The number of hydrogen-bond donors (Lipinski definition) is 2. The number of aliphatic hydroxyl groups is 1. The van der Waals surface area contributed by atoms with Gasteiger partial charge in [0.05, 0.1) is 0 Å². The smallest absolute Gasteiger partial charge is 0.137 e. The van der Waals surface area contributed by atoms with Crippen LogP contribution in [0.2, 0.25) is 5.15 Å². The molecule has 0 aliphatic heterocycles. The number of anilines is 1. The van der Waals surface area contributed by atoms with Gasteiger partial charge < -0.3 is 10.4 Å². The maximum absolute atomic E-state index is 8.87. The van der Waals surface area contributed by atoms with E-state index in [1.165, 1.54) is 6.33 Å². The first-order chi connectivity index (χ1) is 7.19.